The van der Waals surface area contributed by atoms with Gasteiger partial charge < -0.3 is 10.1 Å². The summed E-state index contributed by atoms with van der Waals surface area (Å²) in [6.45, 7) is 0.758. The molecule has 0 saturated carbocycles. The van der Waals surface area contributed by atoms with Crippen LogP contribution in [0.2, 0.25) is 0 Å². The minimum atomic E-state index is -0.772. The Kier molecular flexibility index (Phi) is 4.98. The molecule has 0 bridgehead atoms. The molecule has 1 fully saturated rings. The molecule has 114 valence electrons. The second kappa shape index (κ2) is 6.73. The number of nitrogens with zero attached hydrogens (tertiary/aromatic N) is 1. The van der Waals surface area contributed by atoms with E-state index in [0.29, 0.717) is 13.2 Å². The van der Waals surface area contributed by atoms with E-state index in [2.05, 4.69) is 5.32 Å². The molecule has 0 aliphatic carbocycles. The largest absolute Gasteiger partial charge is 0.378 e. The highest BCUT2D eigenvalue weighted by Gasteiger charge is 2.30. The molecule has 1 aromatic rings. The van der Waals surface area contributed by atoms with Crippen LogP contribution < -0.4 is 5.32 Å². The molecule has 1 heterocycles. The van der Waals surface area contributed by atoms with Crippen LogP contribution in [0.1, 0.15) is 10.4 Å². The lowest BCUT2D eigenvalue weighted by Crippen LogP contribution is -2.54. The van der Waals surface area contributed by atoms with E-state index in [0.717, 1.165) is 18.2 Å². The van der Waals surface area contributed by atoms with Crippen molar-refractivity contribution in [2.24, 2.45) is 0 Å². The standard InChI is InChI=1S/C14H16F2N2O3/c1-17-14(20)12-8-21-5-4-18(12)7-13(19)10-6-9(15)2-3-11(10)16/h2-3,6,12H,4-5,7-8H2,1H3,(H,17,20). The Labute approximate surface area is 120 Å². The molecule has 1 unspecified atom stereocenters. The van der Waals surface area contributed by atoms with Crippen molar-refractivity contribution in [1.29, 1.82) is 0 Å². The summed E-state index contributed by atoms with van der Waals surface area (Å²) in [5, 5.41) is 2.49. The molecule has 0 aromatic heterocycles. The van der Waals surface area contributed by atoms with Gasteiger partial charge in [-0.3, -0.25) is 14.5 Å². The van der Waals surface area contributed by atoms with E-state index in [4.69, 9.17) is 4.74 Å². The van der Waals surface area contributed by atoms with Crippen LogP contribution in [0.15, 0.2) is 18.2 Å². The second-order valence-electron chi connectivity index (χ2n) is 4.72. The highest BCUT2D eigenvalue weighted by Crippen LogP contribution is 2.13. The first-order chi connectivity index (χ1) is 10.0. The number of rotatable bonds is 4. The summed E-state index contributed by atoms with van der Waals surface area (Å²) in [7, 11) is 1.49. The molecule has 7 heteroatoms. The van der Waals surface area contributed by atoms with Gasteiger partial charge in [-0.05, 0) is 18.2 Å². The van der Waals surface area contributed by atoms with Crippen molar-refractivity contribution in [1.82, 2.24) is 10.2 Å². The summed E-state index contributed by atoms with van der Waals surface area (Å²) < 4.78 is 31.9. The van der Waals surface area contributed by atoms with Gasteiger partial charge in [0.2, 0.25) is 5.91 Å². The lowest BCUT2D eigenvalue weighted by atomic mass is 10.1. The Morgan fingerprint density at radius 1 is 1.43 bits per heavy atom. The molecule has 21 heavy (non-hydrogen) atoms. The molecule has 1 aliphatic heterocycles. The van der Waals surface area contributed by atoms with Gasteiger partial charge in [0.25, 0.3) is 0 Å². The quantitative estimate of drug-likeness (QED) is 0.827. The summed E-state index contributed by atoms with van der Waals surface area (Å²) >= 11 is 0. The number of ether oxygens (including phenoxy) is 1. The van der Waals surface area contributed by atoms with Crippen LogP contribution in [-0.2, 0) is 9.53 Å². The Balaban J connectivity index is 2.13. The van der Waals surface area contributed by atoms with E-state index in [1.165, 1.54) is 7.05 Å². The zero-order valence-electron chi connectivity index (χ0n) is 11.6. The predicted octanol–water partition coefficient (Wildman–Crippen LogP) is 0.594. The molecule has 1 aliphatic rings. The topological polar surface area (TPSA) is 58.6 Å². The molecule has 1 N–H and O–H groups in total. The maximum atomic E-state index is 13.6. The van der Waals surface area contributed by atoms with Crippen LogP contribution >= 0.6 is 0 Å². The Bertz CT molecular complexity index is 551. The van der Waals surface area contributed by atoms with Crippen LogP contribution in [0.25, 0.3) is 0 Å². The van der Waals surface area contributed by atoms with Gasteiger partial charge in [0.05, 0.1) is 25.3 Å². The highest BCUT2D eigenvalue weighted by molar-refractivity contribution is 5.98. The van der Waals surface area contributed by atoms with Crippen molar-refractivity contribution >= 4 is 11.7 Å². The number of morpholine rings is 1. The van der Waals surface area contributed by atoms with Crippen LogP contribution in [0, 0.1) is 11.6 Å². The molecular weight excluding hydrogens is 282 g/mol. The monoisotopic (exact) mass is 298 g/mol. The number of nitrogens with one attached hydrogen (secondary N) is 1. The van der Waals surface area contributed by atoms with Gasteiger partial charge in [0, 0.05) is 13.6 Å². The summed E-state index contributed by atoms with van der Waals surface area (Å²) in [4.78, 5) is 25.5. The summed E-state index contributed by atoms with van der Waals surface area (Å²) in [5.41, 5.74) is -0.308. The fourth-order valence-electron chi connectivity index (χ4n) is 2.22. The van der Waals surface area contributed by atoms with Crippen molar-refractivity contribution in [2.75, 3.05) is 33.4 Å². The van der Waals surface area contributed by atoms with Gasteiger partial charge in [-0.15, -0.1) is 0 Å². The number of hydrogen-bond acceptors (Lipinski definition) is 4. The van der Waals surface area contributed by atoms with E-state index in [1.54, 1.807) is 4.90 Å². The molecule has 0 radical (unpaired) electrons. The zero-order valence-corrected chi connectivity index (χ0v) is 11.6. The van der Waals surface area contributed by atoms with E-state index >= 15 is 0 Å². The molecule has 1 saturated heterocycles. The third-order valence-electron chi connectivity index (χ3n) is 3.36. The third kappa shape index (κ3) is 3.62. The minimum absolute atomic E-state index is 0.165. The third-order valence-corrected chi connectivity index (χ3v) is 3.36. The van der Waals surface area contributed by atoms with Gasteiger partial charge in [-0.1, -0.05) is 0 Å². The van der Waals surface area contributed by atoms with Gasteiger partial charge in [0.1, 0.15) is 17.7 Å². The zero-order chi connectivity index (χ0) is 15.4. The first-order valence-electron chi connectivity index (χ1n) is 6.54. The number of Topliss-reactive ketones (excluding diaryl/α,β-unsaturated/α-hetero) is 1. The molecule has 5 nitrogen and oxygen atoms in total. The number of benzene rings is 1. The maximum absolute atomic E-state index is 13.6. The number of ketones is 1. The van der Waals surface area contributed by atoms with Crippen LogP contribution in [-0.4, -0.2) is 56.0 Å². The van der Waals surface area contributed by atoms with Crippen molar-refractivity contribution in [3.8, 4) is 0 Å². The van der Waals surface area contributed by atoms with Crippen LogP contribution in [0.4, 0.5) is 8.78 Å². The number of likely N-dealkylation sites (N-methyl/N-ethyl adjacent to an activating group) is 1. The fraction of sp³-hybridized carbons (Fsp3) is 0.429. The molecule has 2 rings (SSSR count). The van der Waals surface area contributed by atoms with E-state index in [-0.39, 0.29) is 24.6 Å². The lowest BCUT2D eigenvalue weighted by molar-refractivity contribution is -0.131. The van der Waals surface area contributed by atoms with E-state index in [9.17, 15) is 18.4 Å². The second-order valence-corrected chi connectivity index (χ2v) is 4.72. The summed E-state index contributed by atoms with van der Waals surface area (Å²) in [5.74, 6) is -2.29. The minimum Gasteiger partial charge on any atom is -0.378 e. The normalized spacial score (nSPS) is 19.3. The van der Waals surface area contributed by atoms with Crippen molar-refractivity contribution in [2.45, 2.75) is 6.04 Å². The highest BCUT2D eigenvalue weighted by atomic mass is 19.1. The van der Waals surface area contributed by atoms with Gasteiger partial charge >= 0.3 is 0 Å². The number of halogens is 2. The smallest absolute Gasteiger partial charge is 0.239 e. The first-order valence-corrected chi connectivity index (χ1v) is 6.54. The first kappa shape index (κ1) is 15.5. The average molecular weight is 298 g/mol. The van der Waals surface area contributed by atoms with Gasteiger partial charge in [-0.2, -0.15) is 0 Å². The Morgan fingerprint density at radius 2 is 2.19 bits per heavy atom. The molecule has 1 amide bonds. The number of hydrogen-bond donors (Lipinski definition) is 1. The number of carbonyl (C=O) groups excluding carboxylic acids is 2. The SMILES string of the molecule is CNC(=O)C1COCCN1CC(=O)c1cc(F)ccc1F. The van der Waals surface area contributed by atoms with Gasteiger partial charge in [-0.25, -0.2) is 8.78 Å². The number of amides is 1. The van der Waals surface area contributed by atoms with Crippen molar-refractivity contribution < 1.29 is 23.1 Å². The Morgan fingerprint density at radius 3 is 2.90 bits per heavy atom. The summed E-state index contributed by atoms with van der Waals surface area (Å²) in [6.07, 6.45) is 0. The van der Waals surface area contributed by atoms with Crippen molar-refractivity contribution in [3.63, 3.8) is 0 Å². The van der Waals surface area contributed by atoms with Crippen LogP contribution in [0.5, 0.6) is 0 Å². The molecule has 0 spiro atoms. The van der Waals surface area contributed by atoms with Crippen molar-refractivity contribution in [3.05, 3.63) is 35.4 Å². The maximum Gasteiger partial charge on any atom is 0.239 e. The molecule has 1 atom stereocenters. The van der Waals surface area contributed by atoms with E-state index in [1.807, 2.05) is 0 Å². The number of carbonyl (C=O) groups is 2. The van der Waals surface area contributed by atoms with Gasteiger partial charge in [0.15, 0.2) is 5.78 Å². The van der Waals surface area contributed by atoms with E-state index < -0.39 is 23.5 Å². The van der Waals surface area contributed by atoms with Crippen LogP contribution in [0.3, 0.4) is 0 Å². The lowest BCUT2D eigenvalue weighted by Gasteiger charge is -2.33. The Hall–Kier alpha value is -1.86. The summed E-state index contributed by atoms with van der Waals surface area (Å²) in [6, 6.07) is 2.13. The predicted molar refractivity (Wildman–Crippen MR) is 70.9 cm³/mol. The average Bonchev–Trinajstić information content (AvgIpc) is 2.49. The molecular formula is C14H16F2N2O3. The fourth-order valence-corrected chi connectivity index (χ4v) is 2.22. The molecule has 1 aromatic carbocycles.